The lowest BCUT2D eigenvalue weighted by atomic mass is 10.2. The topological polar surface area (TPSA) is 12.0 Å². The summed E-state index contributed by atoms with van der Waals surface area (Å²) in [5.41, 5.74) is 0. The molecule has 0 rings (SSSR count). The molecule has 0 aromatic rings. The standard InChI is InChI=1S/C10H23NS/c1-9(2)5-7-12-8-6-11-10(3)4/h9-11H,5-8H2,1-4H3. The molecule has 0 fully saturated rings. The number of rotatable bonds is 7. The summed E-state index contributed by atoms with van der Waals surface area (Å²) in [6, 6.07) is 0.635. The zero-order chi connectivity index (χ0) is 9.40. The van der Waals surface area contributed by atoms with Crippen LogP contribution in [-0.4, -0.2) is 24.1 Å². The van der Waals surface area contributed by atoms with Gasteiger partial charge in [-0.15, -0.1) is 0 Å². The molecule has 0 amide bonds. The minimum absolute atomic E-state index is 0.635. The van der Waals surface area contributed by atoms with Gasteiger partial charge in [0.2, 0.25) is 0 Å². The molecule has 0 aliphatic rings. The Hall–Kier alpha value is 0.310. The van der Waals surface area contributed by atoms with Crippen molar-refractivity contribution in [2.24, 2.45) is 5.92 Å². The van der Waals surface area contributed by atoms with Crippen LogP contribution in [0.3, 0.4) is 0 Å². The third-order valence-corrected chi connectivity index (χ3v) is 2.66. The van der Waals surface area contributed by atoms with Gasteiger partial charge < -0.3 is 5.32 Å². The Morgan fingerprint density at radius 1 is 1.08 bits per heavy atom. The van der Waals surface area contributed by atoms with Crippen molar-refractivity contribution in [3.8, 4) is 0 Å². The number of hydrogen-bond acceptors (Lipinski definition) is 2. The van der Waals surface area contributed by atoms with Crippen LogP contribution in [0.25, 0.3) is 0 Å². The van der Waals surface area contributed by atoms with Gasteiger partial charge in [0, 0.05) is 18.3 Å². The van der Waals surface area contributed by atoms with E-state index in [0.29, 0.717) is 6.04 Å². The van der Waals surface area contributed by atoms with Gasteiger partial charge in [-0.1, -0.05) is 27.7 Å². The first-order chi connectivity index (χ1) is 5.63. The van der Waals surface area contributed by atoms with E-state index < -0.39 is 0 Å². The maximum atomic E-state index is 3.41. The molecule has 0 heterocycles. The highest BCUT2D eigenvalue weighted by molar-refractivity contribution is 7.99. The molecule has 74 valence electrons. The van der Waals surface area contributed by atoms with Gasteiger partial charge in [-0.2, -0.15) is 11.8 Å². The first kappa shape index (κ1) is 12.3. The van der Waals surface area contributed by atoms with Gasteiger partial charge in [0.05, 0.1) is 0 Å². The quantitative estimate of drug-likeness (QED) is 0.618. The average molecular weight is 189 g/mol. The van der Waals surface area contributed by atoms with Crippen LogP contribution < -0.4 is 5.32 Å². The molecule has 0 saturated carbocycles. The van der Waals surface area contributed by atoms with Crippen molar-refractivity contribution in [1.29, 1.82) is 0 Å². The summed E-state index contributed by atoms with van der Waals surface area (Å²) >= 11 is 2.06. The highest BCUT2D eigenvalue weighted by atomic mass is 32.2. The third-order valence-electron chi connectivity index (χ3n) is 1.64. The van der Waals surface area contributed by atoms with Crippen molar-refractivity contribution in [3.05, 3.63) is 0 Å². The minimum atomic E-state index is 0.635. The maximum Gasteiger partial charge on any atom is 0.00581 e. The Morgan fingerprint density at radius 3 is 2.25 bits per heavy atom. The molecule has 0 aromatic carbocycles. The number of thioether (sulfide) groups is 1. The molecule has 2 heteroatoms. The first-order valence-corrected chi connectivity index (χ1v) is 6.09. The smallest absolute Gasteiger partial charge is 0.00581 e. The van der Waals surface area contributed by atoms with Crippen LogP contribution in [0.1, 0.15) is 34.1 Å². The molecule has 0 aliphatic carbocycles. The van der Waals surface area contributed by atoms with Gasteiger partial charge in [0.15, 0.2) is 0 Å². The summed E-state index contributed by atoms with van der Waals surface area (Å²) < 4.78 is 0. The molecular weight excluding hydrogens is 166 g/mol. The number of nitrogens with one attached hydrogen (secondary N) is 1. The van der Waals surface area contributed by atoms with Gasteiger partial charge >= 0.3 is 0 Å². The van der Waals surface area contributed by atoms with E-state index in [9.17, 15) is 0 Å². The van der Waals surface area contributed by atoms with Crippen LogP contribution in [0.5, 0.6) is 0 Å². The third kappa shape index (κ3) is 10.3. The van der Waals surface area contributed by atoms with Crippen molar-refractivity contribution in [1.82, 2.24) is 5.32 Å². The summed E-state index contributed by atoms with van der Waals surface area (Å²) in [6.07, 6.45) is 1.35. The maximum absolute atomic E-state index is 3.41. The Kier molecular flexibility index (Phi) is 8.14. The monoisotopic (exact) mass is 189 g/mol. The second kappa shape index (κ2) is 7.93. The Labute approximate surface area is 81.7 Å². The SMILES string of the molecule is CC(C)CCSCCNC(C)C. The van der Waals surface area contributed by atoms with Crippen molar-refractivity contribution < 1.29 is 0 Å². The molecule has 0 aliphatic heterocycles. The largest absolute Gasteiger partial charge is 0.314 e. The lowest BCUT2D eigenvalue weighted by molar-refractivity contribution is 0.614. The van der Waals surface area contributed by atoms with Crippen LogP contribution in [-0.2, 0) is 0 Å². The van der Waals surface area contributed by atoms with E-state index >= 15 is 0 Å². The summed E-state index contributed by atoms with van der Waals surface area (Å²) in [5.74, 6) is 3.43. The molecule has 0 radical (unpaired) electrons. The van der Waals surface area contributed by atoms with Gasteiger partial charge in [-0.05, 0) is 18.1 Å². The summed E-state index contributed by atoms with van der Waals surface area (Å²) in [7, 11) is 0. The Morgan fingerprint density at radius 2 is 1.75 bits per heavy atom. The van der Waals surface area contributed by atoms with Crippen molar-refractivity contribution in [2.75, 3.05) is 18.1 Å². The van der Waals surface area contributed by atoms with E-state index in [1.165, 1.54) is 17.9 Å². The van der Waals surface area contributed by atoms with E-state index in [1.54, 1.807) is 0 Å². The van der Waals surface area contributed by atoms with Crippen molar-refractivity contribution in [3.63, 3.8) is 0 Å². The lowest BCUT2D eigenvalue weighted by Crippen LogP contribution is -2.25. The predicted molar refractivity (Wildman–Crippen MR) is 59.9 cm³/mol. The fraction of sp³-hybridized carbons (Fsp3) is 1.00. The molecule has 0 bridgehead atoms. The highest BCUT2D eigenvalue weighted by Crippen LogP contribution is 2.07. The minimum Gasteiger partial charge on any atom is -0.314 e. The molecule has 12 heavy (non-hydrogen) atoms. The molecular formula is C10H23NS. The Bertz CT molecular complexity index is 79.8. The first-order valence-electron chi connectivity index (χ1n) is 4.94. The van der Waals surface area contributed by atoms with Crippen LogP contribution in [0.15, 0.2) is 0 Å². The summed E-state index contributed by atoms with van der Waals surface area (Å²) in [4.78, 5) is 0. The van der Waals surface area contributed by atoms with Crippen LogP contribution in [0, 0.1) is 5.92 Å². The highest BCUT2D eigenvalue weighted by Gasteiger charge is 1.95. The molecule has 0 aromatic heterocycles. The second-order valence-electron chi connectivity index (χ2n) is 3.90. The van der Waals surface area contributed by atoms with Crippen molar-refractivity contribution >= 4 is 11.8 Å². The van der Waals surface area contributed by atoms with E-state index in [2.05, 4.69) is 44.8 Å². The predicted octanol–water partition coefficient (Wildman–Crippen LogP) is 2.76. The zero-order valence-electron chi connectivity index (χ0n) is 8.89. The van der Waals surface area contributed by atoms with E-state index in [0.717, 1.165) is 12.5 Å². The lowest BCUT2D eigenvalue weighted by Gasteiger charge is -2.08. The zero-order valence-corrected chi connectivity index (χ0v) is 9.71. The van der Waals surface area contributed by atoms with Gasteiger partial charge in [0.25, 0.3) is 0 Å². The summed E-state index contributed by atoms with van der Waals surface area (Å²) in [5, 5.41) is 3.41. The fourth-order valence-corrected chi connectivity index (χ4v) is 1.95. The van der Waals surface area contributed by atoms with E-state index in [1.807, 2.05) is 0 Å². The molecule has 1 nitrogen and oxygen atoms in total. The average Bonchev–Trinajstić information content (AvgIpc) is 1.95. The molecule has 0 atom stereocenters. The number of hydrogen-bond donors (Lipinski definition) is 1. The second-order valence-corrected chi connectivity index (χ2v) is 5.13. The van der Waals surface area contributed by atoms with E-state index in [4.69, 9.17) is 0 Å². The van der Waals surface area contributed by atoms with Gasteiger partial charge in [-0.25, -0.2) is 0 Å². The summed E-state index contributed by atoms with van der Waals surface area (Å²) in [6.45, 7) is 10.1. The van der Waals surface area contributed by atoms with E-state index in [-0.39, 0.29) is 0 Å². The van der Waals surface area contributed by atoms with Gasteiger partial charge in [-0.3, -0.25) is 0 Å². The van der Waals surface area contributed by atoms with Crippen LogP contribution in [0.4, 0.5) is 0 Å². The molecule has 0 saturated heterocycles. The fourth-order valence-electron chi connectivity index (χ4n) is 0.841. The van der Waals surface area contributed by atoms with Crippen molar-refractivity contribution in [2.45, 2.75) is 40.2 Å². The van der Waals surface area contributed by atoms with Crippen LogP contribution >= 0.6 is 11.8 Å². The normalized spacial score (nSPS) is 11.5. The Balaban J connectivity index is 2.91. The molecule has 0 spiro atoms. The van der Waals surface area contributed by atoms with Crippen LogP contribution in [0.2, 0.25) is 0 Å². The molecule has 1 N–H and O–H groups in total. The van der Waals surface area contributed by atoms with Gasteiger partial charge in [0.1, 0.15) is 0 Å². The molecule has 0 unspecified atom stereocenters.